The molecule has 1 saturated carbocycles. The van der Waals surface area contributed by atoms with Crippen LogP contribution in [-0.4, -0.2) is 139 Å². The highest BCUT2D eigenvalue weighted by molar-refractivity contribution is 5.78. The number of amides is 1. The number of hydrogen-bond acceptors (Lipinski definition) is 8. The van der Waals surface area contributed by atoms with E-state index < -0.39 is 11.9 Å². The van der Waals surface area contributed by atoms with Crippen LogP contribution in [-0.2, 0) is 19.2 Å². The minimum absolute atomic E-state index is 0.0410. The number of aldehydes is 1. The van der Waals surface area contributed by atoms with Crippen LogP contribution in [0.1, 0.15) is 32.1 Å². The summed E-state index contributed by atoms with van der Waals surface area (Å²) in [7, 11) is 0. The predicted molar refractivity (Wildman–Crippen MR) is 122 cm³/mol. The first-order chi connectivity index (χ1) is 15.9. The molecule has 1 aliphatic carbocycles. The molecule has 0 spiro atoms. The Labute approximate surface area is 195 Å². The zero-order valence-corrected chi connectivity index (χ0v) is 19.5. The number of carbonyl (C=O) groups excluding carboxylic acids is 2. The van der Waals surface area contributed by atoms with Gasteiger partial charge >= 0.3 is 11.9 Å². The number of nitrogens with one attached hydrogen (secondary N) is 1. The fraction of sp³-hybridized carbons (Fsp3) is 0.818. The molecule has 2 rings (SSSR count). The summed E-state index contributed by atoms with van der Waals surface area (Å²) in [5.74, 6) is -1.88. The summed E-state index contributed by atoms with van der Waals surface area (Å²) >= 11 is 0. The lowest BCUT2D eigenvalue weighted by atomic mass is 9.95. The Bertz CT molecular complexity index is 611. The lowest BCUT2D eigenvalue weighted by Crippen LogP contribution is -2.50. The maximum atomic E-state index is 12.7. The second-order valence-electron chi connectivity index (χ2n) is 8.99. The van der Waals surface area contributed by atoms with Gasteiger partial charge in [-0.05, 0) is 12.8 Å². The van der Waals surface area contributed by atoms with Gasteiger partial charge in [-0.1, -0.05) is 19.3 Å². The van der Waals surface area contributed by atoms with E-state index in [9.17, 15) is 29.4 Å². The van der Waals surface area contributed by atoms with E-state index in [4.69, 9.17) is 0 Å². The fourth-order valence-electron chi connectivity index (χ4n) is 4.45. The number of nitrogens with zero attached hydrogens (tertiary/aromatic N) is 4. The van der Waals surface area contributed by atoms with Gasteiger partial charge in [0.2, 0.25) is 5.91 Å². The van der Waals surface area contributed by atoms with Gasteiger partial charge in [0.25, 0.3) is 0 Å². The first-order valence-electron chi connectivity index (χ1n) is 11.9. The second kappa shape index (κ2) is 14.9. The average molecular weight is 470 g/mol. The highest BCUT2D eigenvalue weighted by atomic mass is 16.4. The van der Waals surface area contributed by atoms with E-state index in [1.807, 2.05) is 19.6 Å². The zero-order valence-electron chi connectivity index (χ0n) is 19.5. The van der Waals surface area contributed by atoms with Crippen LogP contribution in [0.4, 0.5) is 0 Å². The zero-order chi connectivity index (χ0) is 24.1. The van der Waals surface area contributed by atoms with Gasteiger partial charge in [-0.25, -0.2) is 0 Å². The number of carboxylic acid groups (broad SMARTS) is 2. The first-order valence-corrected chi connectivity index (χ1v) is 11.9. The minimum atomic E-state index is -0.918. The van der Waals surface area contributed by atoms with Crippen molar-refractivity contribution in [3.05, 3.63) is 0 Å². The molecule has 1 aliphatic heterocycles. The summed E-state index contributed by atoms with van der Waals surface area (Å²) in [5.41, 5.74) is 0. The lowest BCUT2D eigenvalue weighted by Gasteiger charge is -2.33. The minimum Gasteiger partial charge on any atom is -0.480 e. The van der Waals surface area contributed by atoms with Crippen LogP contribution in [0.2, 0.25) is 0 Å². The molecule has 0 atom stereocenters. The Balaban J connectivity index is 2.04. The van der Waals surface area contributed by atoms with E-state index in [-0.39, 0.29) is 38.1 Å². The molecule has 11 heteroatoms. The van der Waals surface area contributed by atoms with Gasteiger partial charge in [-0.15, -0.1) is 0 Å². The summed E-state index contributed by atoms with van der Waals surface area (Å²) < 4.78 is 0. The molecular weight excluding hydrogens is 430 g/mol. The normalized spacial score (nSPS) is 21.6. The molecule has 33 heavy (non-hydrogen) atoms. The molecule has 1 amide bonds. The SMILES string of the molecule is O=CCN1CCN(CC(=O)O)CCN(CC(=O)NC2CCCCC2)CCN(CC(=O)O)CC1. The van der Waals surface area contributed by atoms with Crippen LogP contribution in [0.3, 0.4) is 0 Å². The summed E-state index contributed by atoms with van der Waals surface area (Å²) in [6.07, 6.45) is 6.28. The van der Waals surface area contributed by atoms with Crippen LogP contribution in [0.25, 0.3) is 0 Å². The molecule has 0 unspecified atom stereocenters. The smallest absolute Gasteiger partial charge is 0.317 e. The van der Waals surface area contributed by atoms with E-state index in [2.05, 4.69) is 5.32 Å². The van der Waals surface area contributed by atoms with Gasteiger partial charge < -0.3 is 20.3 Å². The molecule has 1 saturated heterocycles. The van der Waals surface area contributed by atoms with E-state index in [0.29, 0.717) is 52.4 Å². The first kappa shape index (κ1) is 27.2. The summed E-state index contributed by atoms with van der Waals surface area (Å²) in [6.45, 7) is 4.11. The lowest BCUT2D eigenvalue weighted by molar-refractivity contribution is -0.139. The Morgan fingerprint density at radius 1 is 0.697 bits per heavy atom. The predicted octanol–water partition coefficient (Wildman–Crippen LogP) is -0.975. The molecule has 0 aromatic carbocycles. The molecular formula is C22H39N5O6. The van der Waals surface area contributed by atoms with Crippen LogP contribution < -0.4 is 5.32 Å². The van der Waals surface area contributed by atoms with Gasteiger partial charge in [0, 0.05) is 58.4 Å². The van der Waals surface area contributed by atoms with Crippen molar-refractivity contribution in [3.63, 3.8) is 0 Å². The van der Waals surface area contributed by atoms with Gasteiger partial charge in [-0.3, -0.25) is 34.0 Å². The highest BCUT2D eigenvalue weighted by Gasteiger charge is 2.21. The summed E-state index contributed by atoms with van der Waals surface area (Å²) in [6, 6.07) is 0.217. The number of carboxylic acids is 2. The number of rotatable bonds is 9. The summed E-state index contributed by atoms with van der Waals surface area (Å²) in [5, 5.41) is 21.7. The average Bonchev–Trinajstić information content (AvgIpc) is 2.75. The fourth-order valence-corrected chi connectivity index (χ4v) is 4.45. The molecule has 0 radical (unpaired) electrons. The van der Waals surface area contributed by atoms with Gasteiger partial charge in [0.1, 0.15) is 6.29 Å². The Kier molecular flexibility index (Phi) is 12.3. The second-order valence-corrected chi connectivity index (χ2v) is 8.99. The van der Waals surface area contributed by atoms with Gasteiger partial charge in [-0.2, -0.15) is 0 Å². The van der Waals surface area contributed by atoms with Crippen LogP contribution >= 0.6 is 0 Å². The quantitative estimate of drug-likeness (QED) is 0.362. The largest absolute Gasteiger partial charge is 0.480 e. The van der Waals surface area contributed by atoms with Crippen molar-refractivity contribution in [2.75, 3.05) is 78.5 Å². The summed E-state index contributed by atoms with van der Waals surface area (Å²) in [4.78, 5) is 53.9. The van der Waals surface area contributed by atoms with Crippen molar-refractivity contribution < 1.29 is 29.4 Å². The van der Waals surface area contributed by atoms with Gasteiger partial charge in [0.15, 0.2) is 0 Å². The van der Waals surface area contributed by atoms with Crippen molar-refractivity contribution in [2.45, 2.75) is 38.1 Å². The third-order valence-electron chi connectivity index (χ3n) is 6.32. The van der Waals surface area contributed by atoms with E-state index in [1.165, 1.54) is 6.42 Å². The number of carbonyl (C=O) groups is 4. The van der Waals surface area contributed by atoms with E-state index in [1.54, 1.807) is 0 Å². The molecule has 3 N–H and O–H groups in total. The standard InChI is InChI=1S/C22H39N5O6/c28-15-14-24-6-8-26(17-21(30)31)12-10-25(11-13-27(9-7-24)18-22(32)33)16-20(29)23-19-4-2-1-3-5-19/h15,19H,1-14,16-18H2,(H,23,29)(H,30,31)(H,32,33). The molecule has 11 nitrogen and oxygen atoms in total. The Morgan fingerprint density at radius 3 is 1.55 bits per heavy atom. The molecule has 0 aromatic heterocycles. The van der Waals surface area contributed by atoms with Crippen LogP contribution in [0.5, 0.6) is 0 Å². The monoisotopic (exact) mass is 469 g/mol. The van der Waals surface area contributed by atoms with Crippen LogP contribution in [0.15, 0.2) is 0 Å². The molecule has 0 bridgehead atoms. The topological polar surface area (TPSA) is 134 Å². The van der Waals surface area contributed by atoms with Crippen molar-refractivity contribution in [2.24, 2.45) is 0 Å². The van der Waals surface area contributed by atoms with Crippen LogP contribution in [0, 0.1) is 0 Å². The molecule has 188 valence electrons. The molecule has 2 fully saturated rings. The van der Waals surface area contributed by atoms with Crippen molar-refractivity contribution in [3.8, 4) is 0 Å². The molecule has 0 aromatic rings. The van der Waals surface area contributed by atoms with Crippen molar-refractivity contribution in [1.82, 2.24) is 24.9 Å². The Hall–Kier alpha value is -2.08. The van der Waals surface area contributed by atoms with E-state index >= 15 is 0 Å². The molecule has 1 heterocycles. The molecule has 2 aliphatic rings. The third-order valence-corrected chi connectivity index (χ3v) is 6.32. The van der Waals surface area contributed by atoms with Crippen molar-refractivity contribution in [1.29, 1.82) is 0 Å². The highest BCUT2D eigenvalue weighted by Crippen LogP contribution is 2.17. The maximum Gasteiger partial charge on any atom is 0.317 e. The van der Waals surface area contributed by atoms with Crippen molar-refractivity contribution >= 4 is 24.1 Å². The number of aliphatic carboxylic acids is 2. The van der Waals surface area contributed by atoms with E-state index in [0.717, 1.165) is 32.0 Å². The Morgan fingerprint density at radius 2 is 1.12 bits per heavy atom. The van der Waals surface area contributed by atoms with Gasteiger partial charge in [0.05, 0.1) is 26.2 Å². The number of hydrogen-bond donors (Lipinski definition) is 3. The maximum absolute atomic E-state index is 12.7. The third kappa shape index (κ3) is 11.6.